The van der Waals surface area contributed by atoms with Gasteiger partial charge < -0.3 is 9.47 Å². The van der Waals surface area contributed by atoms with Crippen molar-refractivity contribution in [1.29, 1.82) is 0 Å². The predicted molar refractivity (Wildman–Crippen MR) is 130 cm³/mol. The fraction of sp³-hybridized carbons (Fsp3) is 0.280. The Bertz CT molecular complexity index is 1380. The molecule has 1 aliphatic rings. The second-order valence-electron chi connectivity index (χ2n) is 8.56. The molecule has 8 heteroatoms. The van der Waals surface area contributed by atoms with E-state index in [9.17, 15) is 9.18 Å². The number of fused-ring (bicyclic) bond motifs is 3. The molecule has 2 aromatic carbocycles. The van der Waals surface area contributed by atoms with Gasteiger partial charge in [-0.2, -0.15) is 0 Å². The van der Waals surface area contributed by atoms with E-state index >= 15 is 0 Å². The lowest BCUT2D eigenvalue weighted by atomic mass is 9.94. The number of benzene rings is 2. The molecule has 0 spiro atoms. The van der Waals surface area contributed by atoms with Gasteiger partial charge in [-0.3, -0.25) is 9.36 Å². The Morgan fingerprint density at radius 2 is 1.91 bits per heavy atom. The molecule has 3 heterocycles. The summed E-state index contributed by atoms with van der Waals surface area (Å²) in [6.45, 7) is 4.58. The maximum absolute atomic E-state index is 13.9. The Hall–Kier alpha value is -2.68. The number of hydrogen-bond donors (Lipinski definition) is 0. The van der Waals surface area contributed by atoms with Gasteiger partial charge in [0.05, 0.1) is 30.4 Å². The predicted octanol–water partition coefficient (Wildman–Crippen LogP) is 5.74. The number of aromatic nitrogens is 2. The number of ether oxygens (including phenoxy) is 2. The van der Waals surface area contributed by atoms with Gasteiger partial charge in [0.15, 0.2) is 5.16 Å². The lowest BCUT2D eigenvalue weighted by Gasteiger charge is -2.29. The first-order valence-corrected chi connectivity index (χ1v) is 12.4. The Morgan fingerprint density at radius 1 is 1.18 bits per heavy atom. The molecule has 0 fully saturated rings. The van der Waals surface area contributed by atoms with Gasteiger partial charge in [-0.15, -0.1) is 11.3 Å². The summed E-state index contributed by atoms with van der Waals surface area (Å²) in [5, 5.41) is 1.27. The largest absolute Gasteiger partial charge is 0.497 e. The van der Waals surface area contributed by atoms with E-state index in [1.54, 1.807) is 23.8 Å². The Balaban J connectivity index is 1.65. The van der Waals surface area contributed by atoms with Gasteiger partial charge in [0.25, 0.3) is 5.56 Å². The highest BCUT2D eigenvalue weighted by Crippen LogP contribution is 2.38. The van der Waals surface area contributed by atoms with Crippen molar-refractivity contribution in [3.63, 3.8) is 0 Å². The minimum Gasteiger partial charge on any atom is -0.497 e. The number of thiophene rings is 1. The minimum atomic E-state index is -0.325. The van der Waals surface area contributed by atoms with Gasteiger partial charge >= 0.3 is 0 Å². The zero-order chi connectivity index (χ0) is 23.2. The van der Waals surface area contributed by atoms with Crippen LogP contribution in [0.2, 0.25) is 0 Å². The molecule has 0 unspecified atom stereocenters. The van der Waals surface area contributed by atoms with Crippen molar-refractivity contribution < 1.29 is 13.9 Å². The molecule has 0 N–H and O–H groups in total. The summed E-state index contributed by atoms with van der Waals surface area (Å²) in [6, 6.07) is 13.8. The molecule has 33 heavy (non-hydrogen) atoms. The van der Waals surface area contributed by atoms with Crippen LogP contribution in [0.1, 0.15) is 29.9 Å². The normalized spacial score (nSPS) is 14.9. The molecular weight excluding hydrogens is 459 g/mol. The Kier molecular flexibility index (Phi) is 5.76. The van der Waals surface area contributed by atoms with Gasteiger partial charge in [-0.1, -0.05) is 23.9 Å². The molecular formula is C25H23FN2O3S2. The van der Waals surface area contributed by atoms with Crippen LogP contribution in [-0.2, 0) is 23.5 Å². The van der Waals surface area contributed by atoms with Crippen LogP contribution < -0.4 is 10.3 Å². The van der Waals surface area contributed by atoms with Gasteiger partial charge in [-0.05, 0) is 61.4 Å². The highest BCUT2D eigenvalue weighted by Gasteiger charge is 2.31. The zero-order valence-electron chi connectivity index (χ0n) is 18.6. The van der Waals surface area contributed by atoms with Gasteiger partial charge in [-0.25, -0.2) is 9.37 Å². The van der Waals surface area contributed by atoms with Crippen LogP contribution in [0.4, 0.5) is 4.39 Å². The maximum atomic E-state index is 13.9. The van der Waals surface area contributed by atoms with E-state index in [2.05, 4.69) is 0 Å². The van der Waals surface area contributed by atoms with Crippen LogP contribution in [0.15, 0.2) is 58.5 Å². The van der Waals surface area contributed by atoms with E-state index in [4.69, 9.17) is 14.5 Å². The summed E-state index contributed by atoms with van der Waals surface area (Å²) in [7, 11) is 1.61. The first kappa shape index (κ1) is 22.1. The third kappa shape index (κ3) is 4.30. The van der Waals surface area contributed by atoms with Crippen molar-refractivity contribution >= 4 is 33.3 Å². The number of thioether (sulfide) groups is 1. The number of methoxy groups -OCH3 is 1. The smallest absolute Gasteiger partial charge is 0.267 e. The van der Waals surface area contributed by atoms with E-state index in [0.29, 0.717) is 35.1 Å². The summed E-state index contributed by atoms with van der Waals surface area (Å²) < 4.78 is 26.2. The quantitative estimate of drug-likeness (QED) is 0.268. The summed E-state index contributed by atoms with van der Waals surface area (Å²) in [5.74, 6) is 1.01. The molecule has 5 rings (SSSR count). The van der Waals surface area contributed by atoms with Gasteiger partial charge in [0.2, 0.25) is 0 Å². The summed E-state index contributed by atoms with van der Waals surface area (Å²) in [4.78, 5) is 20.6. The number of rotatable bonds is 5. The monoisotopic (exact) mass is 482 g/mol. The Labute approximate surface area is 199 Å². The van der Waals surface area contributed by atoms with Crippen LogP contribution in [0.5, 0.6) is 5.75 Å². The molecule has 0 saturated heterocycles. The standard InChI is InChI=1S/C25H23FN2O3S2/c1-25(2)12-19-20(13-31-25)33-22-21(19)23(29)28(17-8-10-18(30-3)11-9-17)24(27-22)32-14-15-4-6-16(26)7-5-15/h4-11H,12-14H2,1-3H3. The molecule has 0 saturated carbocycles. The zero-order valence-corrected chi connectivity index (χ0v) is 20.2. The maximum Gasteiger partial charge on any atom is 0.267 e. The van der Waals surface area contributed by atoms with Crippen LogP contribution in [0.3, 0.4) is 0 Å². The molecule has 0 atom stereocenters. The van der Waals surface area contributed by atoms with Gasteiger partial charge in [0.1, 0.15) is 16.4 Å². The van der Waals surface area contributed by atoms with Crippen LogP contribution in [-0.4, -0.2) is 22.3 Å². The van der Waals surface area contributed by atoms with E-state index in [1.165, 1.54) is 35.2 Å². The molecule has 4 aromatic rings. The van der Waals surface area contributed by atoms with Crippen molar-refractivity contribution in [3.05, 3.63) is 80.7 Å². The summed E-state index contributed by atoms with van der Waals surface area (Å²) in [5.41, 5.74) is 2.32. The molecule has 5 nitrogen and oxygen atoms in total. The lowest BCUT2D eigenvalue weighted by Crippen LogP contribution is -2.32. The molecule has 170 valence electrons. The van der Waals surface area contributed by atoms with Crippen molar-refractivity contribution in [2.24, 2.45) is 0 Å². The second kappa shape index (κ2) is 8.59. The molecule has 0 bridgehead atoms. The fourth-order valence-electron chi connectivity index (χ4n) is 3.96. The first-order chi connectivity index (χ1) is 15.8. The van der Waals surface area contributed by atoms with Crippen LogP contribution in [0.25, 0.3) is 15.9 Å². The van der Waals surface area contributed by atoms with Crippen molar-refractivity contribution in [2.75, 3.05) is 7.11 Å². The van der Waals surface area contributed by atoms with E-state index in [1.807, 2.05) is 38.1 Å². The third-order valence-corrected chi connectivity index (χ3v) is 7.79. The average molecular weight is 483 g/mol. The number of nitrogens with zero attached hydrogens (tertiary/aromatic N) is 2. The van der Waals surface area contributed by atoms with E-state index < -0.39 is 0 Å². The van der Waals surface area contributed by atoms with Gasteiger partial charge in [0, 0.05) is 17.1 Å². The second-order valence-corrected chi connectivity index (χ2v) is 10.6. The lowest BCUT2D eigenvalue weighted by molar-refractivity contribution is -0.0379. The average Bonchev–Trinajstić information content (AvgIpc) is 3.15. The number of hydrogen-bond acceptors (Lipinski definition) is 6. The molecule has 2 aromatic heterocycles. The van der Waals surface area contributed by atoms with Crippen molar-refractivity contribution in [3.8, 4) is 11.4 Å². The third-order valence-electron chi connectivity index (χ3n) is 5.69. The first-order valence-electron chi connectivity index (χ1n) is 10.6. The van der Waals surface area contributed by atoms with Crippen molar-refractivity contribution in [2.45, 2.75) is 43.4 Å². The van der Waals surface area contributed by atoms with Crippen LogP contribution >= 0.6 is 23.1 Å². The highest BCUT2D eigenvalue weighted by atomic mass is 32.2. The molecule has 0 radical (unpaired) electrons. The molecule has 0 amide bonds. The fourth-order valence-corrected chi connectivity index (χ4v) is 6.07. The number of halogens is 1. The van der Waals surface area contributed by atoms with Crippen molar-refractivity contribution in [1.82, 2.24) is 9.55 Å². The van der Waals surface area contributed by atoms with Crippen LogP contribution in [0, 0.1) is 5.82 Å². The summed E-state index contributed by atoms with van der Waals surface area (Å²) in [6.07, 6.45) is 0.671. The SMILES string of the molecule is COc1ccc(-n2c(SCc3ccc(F)cc3)nc3sc4c(c3c2=O)CC(C)(C)OC4)cc1. The molecule has 1 aliphatic heterocycles. The minimum absolute atomic E-state index is 0.0815. The highest BCUT2D eigenvalue weighted by molar-refractivity contribution is 7.98. The topological polar surface area (TPSA) is 53.4 Å². The molecule has 0 aliphatic carbocycles. The Morgan fingerprint density at radius 3 is 2.61 bits per heavy atom. The van der Waals surface area contributed by atoms with E-state index in [-0.39, 0.29) is 17.0 Å². The van der Waals surface area contributed by atoms with E-state index in [0.717, 1.165) is 26.5 Å². The summed E-state index contributed by atoms with van der Waals surface area (Å²) >= 11 is 2.99.